The fraction of sp³-hybridized carbons (Fsp3) is 0.464. The number of aromatic carboxylic acids is 1. The van der Waals surface area contributed by atoms with E-state index in [0.29, 0.717) is 36.7 Å². The van der Waals surface area contributed by atoms with Crippen molar-refractivity contribution in [2.45, 2.75) is 33.2 Å². The first-order valence-corrected chi connectivity index (χ1v) is 13.3. The molecule has 39 heavy (non-hydrogen) atoms. The molecule has 9 nitrogen and oxygen atoms in total. The molecule has 3 N–H and O–H groups in total. The number of hydrogen-bond acceptors (Lipinski definition) is 7. The number of aliphatic hydroxyl groups is 1. The van der Waals surface area contributed by atoms with E-state index >= 15 is 0 Å². The summed E-state index contributed by atoms with van der Waals surface area (Å²) in [6.45, 7) is 9.66. The van der Waals surface area contributed by atoms with Gasteiger partial charge in [-0.1, -0.05) is 44.5 Å². The Labute approximate surface area is 231 Å². The number of aromatic nitrogens is 2. The Morgan fingerprint density at radius 2 is 1.97 bits per heavy atom. The summed E-state index contributed by atoms with van der Waals surface area (Å²) < 4.78 is 21.8. The monoisotopic (exact) mass is 560 g/mol. The molecule has 210 valence electrons. The van der Waals surface area contributed by atoms with Crippen LogP contribution < -0.4 is 10.7 Å². The minimum atomic E-state index is -1.38. The van der Waals surface area contributed by atoms with E-state index in [-0.39, 0.29) is 29.1 Å². The van der Waals surface area contributed by atoms with Crippen LogP contribution >= 0.6 is 11.6 Å². The fourth-order valence-corrected chi connectivity index (χ4v) is 5.01. The zero-order valence-corrected chi connectivity index (χ0v) is 23.1. The van der Waals surface area contributed by atoms with Crippen LogP contribution in [0.3, 0.4) is 0 Å². The number of hydrogen-bond donors (Lipinski definition) is 3. The molecule has 1 aromatic carbocycles. The summed E-state index contributed by atoms with van der Waals surface area (Å²) in [6.07, 6.45) is 1.33. The van der Waals surface area contributed by atoms with Gasteiger partial charge in [0.1, 0.15) is 22.8 Å². The normalized spacial score (nSPS) is 15.4. The lowest BCUT2D eigenvalue weighted by Gasteiger charge is -2.32. The summed E-state index contributed by atoms with van der Waals surface area (Å²) in [5, 5.41) is 23.5. The summed E-state index contributed by atoms with van der Waals surface area (Å²) in [4.78, 5) is 32.4. The molecule has 4 rings (SSSR count). The van der Waals surface area contributed by atoms with E-state index in [4.69, 9.17) is 21.3 Å². The molecular formula is C28H34ClFN4O5. The van der Waals surface area contributed by atoms with E-state index in [9.17, 15) is 24.2 Å². The Morgan fingerprint density at radius 3 is 2.62 bits per heavy atom. The van der Waals surface area contributed by atoms with Crippen molar-refractivity contribution in [2.75, 3.05) is 51.3 Å². The molecular weight excluding hydrogens is 527 g/mol. The second kappa shape index (κ2) is 12.0. The highest BCUT2D eigenvalue weighted by Crippen LogP contribution is 2.33. The third kappa shape index (κ3) is 6.41. The van der Waals surface area contributed by atoms with Gasteiger partial charge in [0.15, 0.2) is 0 Å². The lowest BCUT2D eigenvalue weighted by atomic mass is 9.86. The zero-order chi connectivity index (χ0) is 28.3. The Bertz CT molecular complexity index is 1420. The third-order valence-corrected chi connectivity index (χ3v) is 7.35. The van der Waals surface area contributed by atoms with Gasteiger partial charge in [0.25, 0.3) is 0 Å². The van der Waals surface area contributed by atoms with Gasteiger partial charge in [-0.05, 0) is 28.7 Å². The number of halogens is 2. The zero-order valence-electron chi connectivity index (χ0n) is 22.3. The molecule has 1 fully saturated rings. The number of nitrogens with zero attached hydrogens (tertiary/aromatic N) is 3. The largest absolute Gasteiger partial charge is 0.477 e. The molecule has 0 spiro atoms. The summed E-state index contributed by atoms with van der Waals surface area (Å²) in [5.74, 6) is -1.50. The van der Waals surface area contributed by atoms with Gasteiger partial charge < -0.3 is 24.8 Å². The van der Waals surface area contributed by atoms with E-state index < -0.39 is 34.2 Å². The Balaban J connectivity index is 1.87. The number of aliphatic hydroxyl groups excluding tert-OH is 1. The highest BCUT2D eigenvalue weighted by Gasteiger charge is 2.29. The smallest absolute Gasteiger partial charge is 0.341 e. The van der Waals surface area contributed by atoms with Crippen LogP contribution in [0.15, 0.2) is 35.3 Å². The number of ether oxygens (including phenoxy) is 1. The standard InChI is InChI=1S/C28H34ClFN4O5/c1-28(2,3)22(16-35)34-15-20(27(37)38)24(36)19-14-18(13-17-5-4-6-21(29)23(17)30)25(32-26(19)34)31-7-8-33-9-11-39-12-10-33/h4-6,14-15,22,35H,7-13,16H2,1-3H3,(H,31,32)(H,37,38). The number of benzene rings is 1. The van der Waals surface area contributed by atoms with E-state index in [0.717, 1.165) is 19.6 Å². The van der Waals surface area contributed by atoms with E-state index in [1.807, 2.05) is 20.8 Å². The van der Waals surface area contributed by atoms with Crippen molar-refractivity contribution in [1.82, 2.24) is 14.5 Å². The van der Waals surface area contributed by atoms with Crippen molar-refractivity contribution >= 4 is 34.4 Å². The van der Waals surface area contributed by atoms with Crippen LogP contribution in [0, 0.1) is 11.2 Å². The van der Waals surface area contributed by atoms with Crippen LogP contribution in [-0.2, 0) is 11.2 Å². The number of carboxylic acids is 1. The van der Waals surface area contributed by atoms with Crippen molar-refractivity contribution in [3.05, 3.63) is 68.2 Å². The molecule has 1 aliphatic heterocycles. The van der Waals surface area contributed by atoms with Gasteiger partial charge in [0.2, 0.25) is 5.43 Å². The first-order chi connectivity index (χ1) is 18.5. The lowest BCUT2D eigenvalue weighted by Crippen LogP contribution is -2.39. The number of rotatable bonds is 9. The minimum absolute atomic E-state index is 0.0189. The number of morpholine rings is 1. The molecule has 1 aliphatic rings. The van der Waals surface area contributed by atoms with E-state index in [1.54, 1.807) is 22.8 Å². The van der Waals surface area contributed by atoms with Crippen LogP contribution in [0.25, 0.3) is 11.0 Å². The van der Waals surface area contributed by atoms with Gasteiger partial charge in [0.05, 0.1) is 36.3 Å². The summed E-state index contributed by atoms with van der Waals surface area (Å²) in [7, 11) is 0. The average Bonchev–Trinajstić information content (AvgIpc) is 2.88. The van der Waals surface area contributed by atoms with E-state index in [1.165, 1.54) is 12.3 Å². The number of pyridine rings is 2. The van der Waals surface area contributed by atoms with Crippen LogP contribution in [-0.4, -0.2) is 76.6 Å². The highest BCUT2D eigenvalue weighted by atomic mass is 35.5. The van der Waals surface area contributed by atoms with Crippen molar-refractivity contribution < 1.29 is 24.1 Å². The molecule has 0 amide bonds. The number of anilines is 1. The maximum absolute atomic E-state index is 14.9. The van der Waals surface area contributed by atoms with Crippen LogP contribution in [0.1, 0.15) is 48.3 Å². The molecule has 1 atom stereocenters. The maximum atomic E-state index is 14.9. The van der Waals surface area contributed by atoms with Gasteiger partial charge in [-0.15, -0.1) is 0 Å². The number of nitrogens with one attached hydrogen (secondary N) is 1. The van der Waals surface area contributed by atoms with Gasteiger partial charge >= 0.3 is 5.97 Å². The average molecular weight is 561 g/mol. The predicted molar refractivity (Wildman–Crippen MR) is 149 cm³/mol. The third-order valence-electron chi connectivity index (χ3n) is 7.06. The van der Waals surface area contributed by atoms with Crippen molar-refractivity contribution in [3.63, 3.8) is 0 Å². The fourth-order valence-electron chi connectivity index (χ4n) is 4.82. The molecule has 1 saturated heterocycles. The first-order valence-electron chi connectivity index (χ1n) is 12.9. The highest BCUT2D eigenvalue weighted by molar-refractivity contribution is 6.30. The van der Waals surface area contributed by atoms with Crippen molar-refractivity contribution in [1.29, 1.82) is 0 Å². The Kier molecular flexibility index (Phi) is 8.90. The summed E-state index contributed by atoms with van der Waals surface area (Å²) in [5.41, 5.74) is -0.533. The van der Waals surface area contributed by atoms with Crippen molar-refractivity contribution in [3.8, 4) is 0 Å². The molecule has 0 radical (unpaired) electrons. The second-order valence-electron chi connectivity index (χ2n) is 10.8. The van der Waals surface area contributed by atoms with E-state index in [2.05, 4.69) is 10.2 Å². The molecule has 3 aromatic rings. The van der Waals surface area contributed by atoms with Crippen LogP contribution in [0.2, 0.25) is 5.02 Å². The molecule has 1 unspecified atom stereocenters. The molecule has 0 aliphatic carbocycles. The molecule has 3 heterocycles. The van der Waals surface area contributed by atoms with Gasteiger partial charge in [0, 0.05) is 38.8 Å². The quantitative estimate of drug-likeness (QED) is 0.362. The maximum Gasteiger partial charge on any atom is 0.341 e. The number of carboxylic acid groups (broad SMARTS) is 1. The predicted octanol–water partition coefficient (Wildman–Crippen LogP) is 3.80. The van der Waals surface area contributed by atoms with Crippen LogP contribution in [0.5, 0.6) is 0 Å². The van der Waals surface area contributed by atoms with Gasteiger partial charge in [-0.25, -0.2) is 14.2 Å². The Hall–Kier alpha value is -3.05. The lowest BCUT2D eigenvalue weighted by molar-refractivity contribution is 0.0398. The molecule has 2 aromatic heterocycles. The van der Waals surface area contributed by atoms with Crippen LogP contribution in [0.4, 0.5) is 10.2 Å². The molecule has 11 heteroatoms. The van der Waals surface area contributed by atoms with Gasteiger partial charge in [-0.3, -0.25) is 9.69 Å². The van der Waals surface area contributed by atoms with Crippen molar-refractivity contribution in [2.24, 2.45) is 5.41 Å². The first kappa shape index (κ1) is 28.9. The molecule has 0 saturated carbocycles. The summed E-state index contributed by atoms with van der Waals surface area (Å²) >= 11 is 6.02. The second-order valence-corrected chi connectivity index (χ2v) is 11.2. The molecule has 0 bridgehead atoms. The summed E-state index contributed by atoms with van der Waals surface area (Å²) in [6, 6.07) is 5.72. The Morgan fingerprint density at radius 1 is 1.26 bits per heavy atom. The topological polar surface area (TPSA) is 117 Å². The number of fused-ring (bicyclic) bond motifs is 1. The minimum Gasteiger partial charge on any atom is -0.477 e. The SMILES string of the molecule is CC(C)(C)C(CO)n1cc(C(=O)O)c(=O)c2cc(Cc3cccc(Cl)c3F)c(NCCN3CCOCC3)nc21. The van der Waals surface area contributed by atoms with Gasteiger partial charge in [-0.2, -0.15) is 0 Å². The number of carbonyl (C=O) groups is 1.